The number of ether oxygens (including phenoxy) is 1. The molecule has 0 heterocycles. The van der Waals surface area contributed by atoms with Crippen LogP contribution in [0.2, 0.25) is 5.02 Å². The minimum absolute atomic E-state index is 0.382. The molecule has 6 heteroatoms. The number of rotatable bonds is 5. The second kappa shape index (κ2) is 8.36. The lowest BCUT2D eigenvalue weighted by molar-refractivity contribution is 0.340. The average Bonchev–Trinajstić information content (AvgIpc) is 2.49. The number of nitrogens with zero attached hydrogens (tertiary/aromatic N) is 1. The molecule has 2 aromatic carbocycles. The second-order valence-electron chi connectivity index (χ2n) is 4.31. The maximum atomic E-state index is 5.91. The maximum Gasteiger partial charge on any atom is 0.191 e. The van der Waals surface area contributed by atoms with Crippen LogP contribution in [0, 0.1) is 0 Å². The highest BCUT2D eigenvalue weighted by molar-refractivity contribution is 7.80. The molecule has 0 saturated carbocycles. The van der Waals surface area contributed by atoms with E-state index in [9.17, 15) is 0 Å². The Labute approximate surface area is 140 Å². The fourth-order valence-corrected chi connectivity index (χ4v) is 2.12. The molecule has 22 heavy (non-hydrogen) atoms. The molecule has 0 aliphatic rings. The Bertz CT molecular complexity index is 676. The minimum Gasteiger partial charge on any atom is -0.493 e. The van der Waals surface area contributed by atoms with Gasteiger partial charge in [0.25, 0.3) is 0 Å². The smallest absolute Gasteiger partial charge is 0.191 e. The molecule has 2 N–H and O–H groups in total. The van der Waals surface area contributed by atoms with Crippen molar-refractivity contribution in [1.29, 1.82) is 0 Å². The first-order valence-electron chi connectivity index (χ1n) is 6.76. The first-order valence-corrected chi connectivity index (χ1v) is 7.55. The molecule has 0 saturated heterocycles. The lowest BCUT2D eigenvalue weighted by Gasteiger charge is -2.08. The summed E-state index contributed by atoms with van der Waals surface area (Å²) in [5.74, 6) is 0.782. The summed E-state index contributed by atoms with van der Waals surface area (Å²) in [6.45, 7) is 2.54. The standard InChI is InChI=1S/C16H16ClN3OS/c1-2-21-15-9-4-3-6-12(15)11-18-20-16(22)19-14-8-5-7-13(17)10-14/h3-11H,2H2,1H3,(H2,19,20,22)/b18-11+. The van der Waals surface area contributed by atoms with Crippen molar-refractivity contribution in [2.75, 3.05) is 11.9 Å². The van der Waals surface area contributed by atoms with E-state index in [2.05, 4.69) is 15.8 Å². The highest BCUT2D eigenvalue weighted by Crippen LogP contribution is 2.16. The molecule has 0 radical (unpaired) electrons. The largest absolute Gasteiger partial charge is 0.493 e. The van der Waals surface area contributed by atoms with Gasteiger partial charge in [-0.15, -0.1) is 0 Å². The maximum absolute atomic E-state index is 5.91. The summed E-state index contributed by atoms with van der Waals surface area (Å²) < 4.78 is 5.52. The van der Waals surface area contributed by atoms with Crippen molar-refractivity contribution in [2.24, 2.45) is 5.10 Å². The van der Waals surface area contributed by atoms with Crippen molar-refractivity contribution in [3.8, 4) is 5.75 Å². The van der Waals surface area contributed by atoms with Gasteiger partial charge in [0.15, 0.2) is 5.11 Å². The van der Waals surface area contributed by atoms with Crippen molar-refractivity contribution >= 4 is 40.8 Å². The molecule has 114 valence electrons. The van der Waals surface area contributed by atoms with Gasteiger partial charge in [-0.1, -0.05) is 29.8 Å². The number of benzene rings is 2. The Morgan fingerprint density at radius 1 is 1.27 bits per heavy atom. The summed E-state index contributed by atoms with van der Waals surface area (Å²) >= 11 is 11.1. The van der Waals surface area contributed by atoms with Gasteiger partial charge in [-0.2, -0.15) is 5.10 Å². The third-order valence-corrected chi connectivity index (χ3v) is 3.10. The van der Waals surface area contributed by atoms with Crippen LogP contribution in [0.3, 0.4) is 0 Å². The van der Waals surface area contributed by atoms with Crippen LogP contribution in [0.1, 0.15) is 12.5 Å². The highest BCUT2D eigenvalue weighted by Gasteiger charge is 2.00. The lowest BCUT2D eigenvalue weighted by atomic mass is 10.2. The van der Waals surface area contributed by atoms with Crippen molar-refractivity contribution in [2.45, 2.75) is 6.92 Å². The molecule has 4 nitrogen and oxygen atoms in total. The van der Waals surface area contributed by atoms with Crippen molar-refractivity contribution in [1.82, 2.24) is 5.43 Å². The van der Waals surface area contributed by atoms with Crippen LogP contribution >= 0.6 is 23.8 Å². The summed E-state index contributed by atoms with van der Waals surface area (Å²) in [5, 5.41) is 8.13. The Morgan fingerprint density at radius 2 is 2.09 bits per heavy atom. The van der Waals surface area contributed by atoms with Crippen LogP contribution in [0.25, 0.3) is 0 Å². The Morgan fingerprint density at radius 3 is 2.86 bits per heavy atom. The molecular formula is C16H16ClN3OS. The van der Waals surface area contributed by atoms with Crippen LogP contribution in [0.15, 0.2) is 53.6 Å². The molecular weight excluding hydrogens is 318 g/mol. The van der Waals surface area contributed by atoms with E-state index in [0.29, 0.717) is 16.7 Å². The van der Waals surface area contributed by atoms with Crippen molar-refractivity contribution < 1.29 is 4.74 Å². The molecule has 0 aliphatic carbocycles. The fourth-order valence-electron chi connectivity index (χ4n) is 1.76. The van der Waals surface area contributed by atoms with Gasteiger partial charge in [0.05, 0.1) is 12.8 Å². The zero-order valence-corrected chi connectivity index (χ0v) is 13.6. The summed E-state index contributed by atoms with van der Waals surface area (Å²) in [5.41, 5.74) is 4.44. The minimum atomic E-state index is 0.382. The van der Waals surface area contributed by atoms with Gasteiger partial charge in [0, 0.05) is 16.3 Å². The number of anilines is 1. The molecule has 0 fully saturated rings. The molecule has 0 aliphatic heterocycles. The normalized spacial score (nSPS) is 10.5. The SMILES string of the molecule is CCOc1ccccc1/C=N/NC(=S)Nc1cccc(Cl)c1. The molecule has 0 atom stereocenters. The van der Waals surface area contributed by atoms with Crippen molar-refractivity contribution in [3.05, 3.63) is 59.1 Å². The van der Waals surface area contributed by atoms with Gasteiger partial charge in [-0.25, -0.2) is 0 Å². The Balaban J connectivity index is 1.93. The average molecular weight is 334 g/mol. The third kappa shape index (κ3) is 5.02. The Hall–Kier alpha value is -2.11. The summed E-state index contributed by atoms with van der Waals surface area (Å²) in [7, 11) is 0. The van der Waals surface area contributed by atoms with Crippen LogP contribution < -0.4 is 15.5 Å². The van der Waals surface area contributed by atoms with E-state index in [1.807, 2.05) is 43.3 Å². The number of hydrazone groups is 1. The first kappa shape index (κ1) is 16.3. The van der Waals surface area contributed by atoms with Gasteiger partial charge in [-0.3, -0.25) is 5.43 Å². The number of para-hydroxylation sites is 1. The van der Waals surface area contributed by atoms with Crippen LogP contribution in [0.5, 0.6) is 5.75 Å². The second-order valence-corrected chi connectivity index (χ2v) is 5.15. The summed E-state index contributed by atoms with van der Waals surface area (Å²) in [6, 6.07) is 14.9. The van der Waals surface area contributed by atoms with E-state index in [1.54, 1.807) is 18.3 Å². The quantitative estimate of drug-likeness (QED) is 0.492. The van der Waals surface area contributed by atoms with Gasteiger partial charge in [0.1, 0.15) is 5.75 Å². The van der Waals surface area contributed by atoms with Crippen LogP contribution in [0.4, 0.5) is 5.69 Å². The summed E-state index contributed by atoms with van der Waals surface area (Å²) in [4.78, 5) is 0. The zero-order chi connectivity index (χ0) is 15.8. The predicted octanol–water partition coefficient (Wildman–Crippen LogP) is 4.06. The van der Waals surface area contributed by atoms with Gasteiger partial charge < -0.3 is 10.1 Å². The van der Waals surface area contributed by atoms with Gasteiger partial charge in [-0.05, 0) is 49.5 Å². The number of halogens is 1. The predicted molar refractivity (Wildman–Crippen MR) is 96.0 cm³/mol. The van der Waals surface area contributed by atoms with Gasteiger partial charge >= 0.3 is 0 Å². The number of hydrogen-bond acceptors (Lipinski definition) is 3. The zero-order valence-electron chi connectivity index (χ0n) is 12.0. The van der Waals surface area contributed by atoms with Crippen LogP contribution in [-0.2, 0) is 0 Å². The highest BCUT2D eigenvalue weighted by atomic mass is 35.5. The number of hydrogen-bond donors (Lipinski definition) is 2. The fraction of sp³-hybridized carbons (Fsp3) is 0.125. The molecule has 2 rings (SSSR count). The third-order valence-electron chi connectivity index (χ3n) is 2.67. The molecule has 0 unspecified atom stereocenters. The first-order chi connectivity index (χ1) is 10.7. The topological polar surface area (TPSA) is 45.6 Å². The molecule has 0 amide bonds. The van der Waals surface area contributed by atoms with E-state index >= 15 is 0 Å². The van der Waals surface area contributed by atoms with E-state index in [1.165, 1.54) is 0 Å². The van der Waals surface area contributed by atoms with E-state index in [-0.39, 0.29) is 0 Å². The number of nitrogens with one attached hydrogen (secondary N) is 2. The molecule has 0 bridgehead atoms. The lowest BCUT2D eigenvalue weighted by Crippen LogP contribution is -2.23. The molecule has 0 aromatic heterocycles. The Kier molecular flexibility index (Phi) is 6.18. The van der Waals surface area contributed by atoms with Crippen molar-refractivity contribution in [3.63, 3.8) is 0 Å². The van der Waals surface area contributed by atoms with E-state index in [0.717, 1.165) is 17.0 Å². The summed E-state index contributed by atoms with van der Waals surface area (Å²) in [6.07, 6.45) is 1.66. The van der Waals surface area contributed by atoms with Crippen LogP contribution in [-0.4, -0.2) is 17.9 Å². The monoisotopic (exact) mass is 333 g/mol. The van der Waals surface area contributed by atoms with E-state index in [4.69, 9.17) is 28.6 Å². The molecule has 0 spiro atoms. The van der Waals surface area contributed by atoms with E-state index < -0.39 is 0 Å². The number of thiocarbonyl (C=S) groups is 1. The van der Waals surface area contributed by atoms with Gasteiger partial charge in [0.2, 0.25) is 0 Å². The molecule has 2 aromatic rings.